The van der Waals surface area contributed by atoms with Crippen molar-refractivity contribution in [2.24, 2.45) is 0 Å². The Balaban J connectivity index is 2.19. The summed E-state index contributed by atoms with van der Waals surface area (Å²) in [6.45, 7) is 2.08. The lowest BCUT2D eigenvalue weighted by Gasteiger charge is -2.13. The Hall–Kier alpha value is -1.10. The first-order valence-corrected chi connectivity index (χ1v) is 6.80. The number of hydrogen-bond donors (Lipinski definition) is 1. The van der Waals surface area contributed by atoms with Crippen molar-refractivity contribution in [3.8, 4) is 0 Å². The molecule has 0 radical (unpaired) electrons. The van der Waals surface area contributed by atoms with Crippen molar-refractivity contribution in [2.75, 3.05) is 7.05 Å². The van der Waals surface area contributed by atoms with E-state index in [0.717, 1.165) is 20.5 Å². The smallest absolute Gasteiger partial charge is 0.119 e. The minimum atomic E-state index is 0.244. The van der Waals surface area contributed by atoms with Crippen LogP contribution in [0.3, 0.4) is 0 Å². The normalized spacial score (nSPS) is 12.4. The number of aromatic nitrogens is 2. The van der Waals surface area contributed by atoms with E-state index in [4.69, 9.17) is 11.6 Å². The van der Waals surface area contributed by atoms with Crippen LogP contribution >= 0.6 is 23.4 Å². The number of nitrogens with one attached hydrogen (secondary N) is 1. The van der Waals surface area contributed by atoms with Gasteiger partial charge in [0.25, 0.3) is 0 Å². The fourth-order valence-corrected chi connectivity index (χ4v) is 2.73. The average Bonchev–Trinajstić information content (AvgIpc) is 2.39. The summed E-state index contributed by atoms with van der Waals surface area (Å²) < 4.78 is 0. The predicted octanol–water partition coefficient (Wildman–Crippen LogP) is 3.56. The Morgan fingerprint density at radius 3 is 2.78 bits per heavy atom. The van der Waals surface area contributed by atoms with E-state index in [1.807, 2.05) is 19.2 Å². The van der Waals surface area contributed by atoms with E-state index >= 15 is 0 Å². The van der Waals surface area contributed by atoms with Gasteiger partial charge in [-0.2, -0.15) is 0 Å². The first-order valence-electron chi connectivity index (χ1n) is 5.61. The van der Waals surface area contributed by atoms with Gasteiger partial charge in [-0.3, -0.25) is 4.98 Å². The van der Waals surface area contributed by atoms with Gasteiger partial charge in [-0.1, -0.05) is 29.4 Å². The molecule has 5 heteroatoms. The molecule has 1 aromatic heterocycles. The maximum atomic E-state index is 6.28. The fraction of sp³-hybridized carbons (Fsp3) is 0.231. The van der Waals surface area contributed by atoms with Crippen molar-refractivity contribution in [3.05, 3.63) is 47.4 Å². The summed E-state index contributed by atoms with van der Waals surface area (Å²) in [5.41, 5.74) is 1.10. The summed E-state index contributed by atoms with van der Waals surface area (Å²) in [5.74, 6) is 0. The lowest BCUT2D eigenvalue weighted by atomic mass is 10.1. The van der Waals surface area contributed by atoms with E-state index in [2.05, 4.69) is 28.3 Å². The van der Waals surface area contributed by atoms with Crippen LogP contribution in [-0.2, 0) is 0 Å². The third kappa shape index (κ3) is 3.22. The van der Waals surface area contributed by atoms with E-state index in [1.165, 1.54) is 0 Å². The molecule has 3 nitrogen and oxygen atoms in total. The third-order valence-corrected chi connectivity index (χ3v) is 3.87. The van der Waals surface area contributed by atoms with E-state index in [-0.39, 0.29) is 6.04 Å². The molecule has 0 aliphatic carbocycles. The molecule has 2 rings (SSSR count). The van der Waals surface area contributed by atoms with Gasteiger partial charge >= 0.3 is 0 Å². The molecule has 0 saturated carbocycles. The molecule has 94 valence electrons. The van der Waals surface area contributed by atoms with Gasteiger partial charge in [-0.15, -0.1) is 0 Å². The van der Waals surface area contributed by atoms with Gasteiger partial charge in [-0.05, 0) is 31.7 Å². The van der Waals surface area contributed by atoms with Gasteiger partial charge in [0, 0.05) is 28.4 Å². The molecule has 0 bridgehead atoms. The highest BCUT2D eigenvalue weighted by Crippen LogP contribution is 2.31. The van der Waals surface area contributed by atoms with Crippen LogP contribution in [0.4, 0.5) is 0 Å². The molecular formula is C13H14ClN3S. The summed E-state index contributed by atoms with van der Waals surface area (Å²) in [5, 5.41) is 4.81. The summed E-state index contributed by atoms with van der Waals surface area (Å²) in [7, 11) is 1.92. The highest BCUT2D eigenvalue weighted by atomic mass is 35.5. The van der Waals surface area contributed by atoms with Gasteiger partial charge < -0.3 is 5.32 Å². The Morgan fingerprint density at radius 2 is 2.17 bits per heavy atom. The van der Waals surface area contributed by atoms with Crippen molar-refractivity contribution in [1.29, 1.82) is 0 Å². The molecule has 0 spiro atoms. The first kappa shape index (κ1) is 13.3. The molecule has 0 aliphatic heterocycles. The zero-order valence-corrected chi connectivity index (χ0v) is 11.8. The zero-order chi connectivity index (χ0) is 13.0. The van der Waals surface area contributed by atoms with E-state index in [1.54, 1.807) is 30.4 Å². The lowest BCUT2D eigenvalue weighted by molar-refractivity contribution is 0.652. The molecule has 2 aromatic rings. The van der Waals surface area contributed by atoms with Crippen LogP contribution in [0.15, 0.2) is 46.7 Å². The van der Waals surface area contributed by atoms with Crippen molar-refractivity contribution in [3.63, 3.8) is 0 Å². The molecule has 1 aromatic carbocycles. The average molecular weight is 280 g/mol. The molecule has 0 aliphatic rings. The minimum Gasteiger partial charge on any atom is -0.313 e. The van der Waals surface area contributed by atoms with Gasteiger partial charge in [-0.25, -0.2) is 4.98 Å². The molecule has 0 amide bonds. The second kappa shape index (κ2) is 6.18. The molecule has 0 saturated heterocycles. The summed E-state index contributed by atoms with van der Waals surface area (Å²) >= 11 is 7.83. The standard InChI is InChI=1S/C13H14ClN3S/c1-9(15-2)11-4-3-10(7-12(11)14)18-13-8-16-5-6-17-13/h3-9,15H,1-2H3. The molecular weight excluding hydrogens is 266 g/mol. The van der Waals surface area contributed by atoms with Crippen molar-refractivity contribution < 1.29 is 0 Å². The first-order chi connectivity index (χ1) is 8.70. The molecule has 0 fully saturated rings. The zero-order valence-electron chi connectivity index (χ0n) is 10.2. The minimum absolute atomic E-state index is 0.244. The quantitative estimate of drug-likeness (QED) is 0.929. The van der Waals surface area contributed by atoms with Crippen LogP contribution in [0.1, 0.15) is 18.5 Å². The molecule has 1 N–H and O–H groups in total. The van der Waals surface area contributed by atoms with Gasteiger partial charge in [0.15, 0.2) is 0 Å². The topological polar surface area (TPSA) is 37.8 Å². The van der Waals surface area contributed by atoms with Crippen LogP contribution < -0.4 is 5.32 Å². The third-order valence-electron chi connectivity index (χ3n) is 2.63. The van der Waals surface area contributed by atoms with E-state index in [0.29, 0.717) is 0 Å². The highest BCUT2D eigenvalue weighted by molar-refractivity contribution is 7.99. The maximum Gasteiger partial charge on any atom is 0.119 e. The Morgan fingerprint density at radius 1 is 1.33 bits per heavy atom. The van der Waals surface area contributed by atoms with Crippen LogP contribution in [-0.4, -0.2) is 17.0 Å². The summed E-state index contributed by atoms with van der Waals surface area (Å²) in [6.07, 6.45) is 5.08. The van der Waals surface area contributed by atoms with Gasteiger partial charge in [0.1, 0.15) is 5.03 Å². The second-order valence-electron chi connectivity index (χ2n) is 3.84. The largest absolute Gasteiger partial charge is 0.313 e. The Bertz CT molecular complexity index is 519. The lowest BCUT2D eigenvalue weighted by Crippen LogP contribution is -2.12. The van der Waals surface area contributed by atoms with E-state index < -0.39 is 0 Å². The molecule has 18 heavy (non-hydrogen) atoms. The molecule has 1 unspecified atom stereocenters. The number of hydrogen-bond acceptors (Lipinski definition) is 4. The van der Waals surface area contributed by atoms with Crippen molar-refractivity contribution in [1.82, 2.24) is 15.3 Å². The number of rotatable bonds is 4. The van der Waals surface area contributed by atoms with E-state index in [9.17, 15) is 0 Å². The summed E-state index contributed by atoms with van der Waals surface area (Å²) in [6, 6.07) is 6.30. The monoisotopic (exact) mass is 279 g/mol. The van der Waals surface area contributed by atoms with Gasteiger partial charge in [0.05, 0.1) is 6.20 Å². The Labute approximate surface area is 116 Å². The summed E-state index contributed by atoms with van der Waals surface area (Å²) in [4.78, 5) is 9.32. The number of benzene rings is 1. The SMILES string of the molecule is CNC(C)c1ccc(Sc2cnccn2)cc1Cl. The van der Waals surface area contributed by atoms with Crippen LogP contribution in [0.5, 0.6) is 0 Å². The molecule has 1 heterocycles. The number of nitrogens with zero attached hydrogens (tertiary/aromatic N) is 2. The second-order valence-corrected chi connectivity index (χ2v) is 5.34. The molecule has 1 atom stereocenters. The van der Waals surface area contributed by atoms with Gasteiger partial charge in [0.2, 0.25) is 0 Å². The van der Waals surface area contributed by atoms with Crippen LogP contribution in [0.25, 0.3) is 0 Å². The van der Waals surface area contributed by atoms with Crippen LogP contribution in [0.2, 0.25) is 5.02 Å². The predicted molar refractivity (Wildman–Crippen MR) is 75.1 cm³/mol. The van der Waals surface area contributed by atoms with Crippen molar-refractivity contribution in [2.45, 2.75) is 22.9 Å². The fourth-order valence-electron chi connectivity index (χ4n) is 1.54. The van der Waals surface area contributed by atoms with Crippen LogP contribution in [0, 0.1) is 0 Å². The Kier molecular flexibility index (Phi) is 4.58. The highest BCUT2D eigenvalue weighted by Gasteiger charge is 2.08. The maximum absolute atomic E-state index is 6.28. The van der Waals surface area contributed by atoms with Crippen molar-refractivity contribution >= 4 is 23.4 Å². The number of halogens is 1.